The van der Waals surface area contributed by atoms with Crippen molar-refractivity contribution >= 4 is 11.6 Å². The molecule has 1 aromatic rings. The first kappa shape index (κ1) is 16.5. The Kier molecular flexibility index (Phi) is 5.52. The molecule has 0 saturated heterocycles. The number of rotatable bonds is 7. The predicted octanol–water partition coefficient (Wildman–Crippen LogP) is -0.0132. The summed E-state index contributed by atoms with van der Waals surface area (Å²) >= 11 is 0. The Morgan fingerprint density at radius 1 is 1.55 bits per heavy atom. The Balaban J connectivity index is 2.63. The lowest BCUT2D eigenvalue weighted by Gasteiger charge is -2.26. The number of amides is 1. The number of hydrogen-bond acceptors (Lipinski definition) is 5. The average Bonchev–Trinajstić information content (AvgIpc) is 2.67. The van der Waals surface area contributed by atoms with Gasteiger partial charge in [-0.1, -0.05) is 13.3 Å². The number of anilines is 1. The maximum absolute atomic E-state index is 12.0. The van der Waals surface area contributed by atoms with Gasteiger partial charge in [0.1, 0.15) is 0 Å². The minimum atomic E-state index is -1.00. The van der Waals surface area contributed by atoms with Crippen molar-refractivity contribution < 1.29 is 9.90 Å². The predicted molar refractivity (Wildman–Crippen MR) is 78.5 cm³/mol. The van der Waals surface area contributed by atoms with Gasteiger partial charge >= 0.3 is 0 Å². The van der Waals surface area contributed by atoms with E-state index in [1.165, 1.54) is 0 Å². The molecule has 1 amide bonds. The van der Waals surface area contributed by atoms with Gasteiger partial charge in [-0.15, -0.1) is 0 Å². The molecule has 20 heavy (non-hydrogen) atoms. The third-order valence-electron chi connectivity index (χ3n) is 2.88. The highest BCUT2D eigenvalue weighted by Gasteiger charge is 2.24. The molecule has 7 heteroatoms. The summed E-state index contributed by atoms with van der Waals surface area (Å²) in [7, 11) is 3.72. The lowest BCUT2D eigenvalue weighted by atomic mass is 10.1. The van der Waals surface area contributed by atoms with Crippen molar-refractivity contribution in [2.24, 2.45) is 0 Å². The normalized spacial score (nSPS) is 14.3. The van der Waals surface area contributed by atoms with Crippen molar-refractivity contribution in [3.8, 4) is 0 Å². The fraction of sp³-hybridized carbons (Fsp3) is 0.692. The number of aliphatic hydroxyl groups is 1. The van der Waals surface area contributed by atoms with Crippen LogP contribution in [0.15, 0.2) is 0 Å². The molecule has 0 saturated carbocycles. The molecular weight excluding hydrogens is 258 g/mol. The van der Waals surface area contributed by atoms with Crippen molar-refractivity contribution in [3.63, 3.8) is 0 Å². The number of aromatic nitrogens is 2. The van der Waals surface area contributed by atoms with E-state index >= 15 is 0 Å². The Morgan fingerprint density at radius 2 is 2.20 bits per heavy atom. The van der Waals surface area contributed by atoms with E-state index in [0.717, 1.165) is 18.5 Å². The van der Waals surface area contributed by atoms with Gasteiger partial charge in [0.15, 0.2) is 5.69 Å². The number of nitrogens with zero attached hydrogens (tertiary/aromatic N) is 2. The van der Waals surface area contributed by atoms with Crippen LogP contribution in [0, 0.1) is 0 Å². The maximum Gasteiger partial charge on any atom is 0.274 e. The van der Waals surface area contributed by atoms with Gasteiger partial charge in [0.25, 0.3) is 5.91 Å². The Labute approximate surface area is 119 Å². The molecule has 0 aliphatic heterocycles. The maximum atomic E-state index is 12.0. The van der Waals surface area contributed by atoms with Crippen molar-refractivity contribution in [1.29, 1.82) is 0 Å². The first-order chi connectivity index (χ1) is 9.26. The van der Waals surface area contributed by atoms with Crippen LogP contribution in [0.4, 0.5) is 5.69 Å². The number of carbonyl (C=O) groups is 1. The summed E-state index contributed by atoms with van der Waals surface area (Å²) in [5.74, 6) is -0.375. The summed E-state index contributed by atoms with van der Waals surface area (Å²) in [5.41, 5.74) is 6.23. The number of nitrogens with two attached hydrogens (primary N) is 1. The van der Waals surface area contributed by atoms with E-state index in [1.807, 2.05) is 25.9 Å². The molecule has 0 radical (unpaired) electrons. The van der Waals surface area contributed by atoms with E-state index in [0.29, 0.717) is 12.2 Å². The first-order valence-electron chi connectivity index (χ1n) is 6.75. The summed E-state index contributed by atoms with van der Waals surface area (Å²) in [6, 6.07) is 0. The molecule has 0 fully saturated rings. The van der Waals surface area contributed by atoms with E-state index in [9.17, 15) is 9.90 Å². The van der Waals surface area contributed by atoms with Gasteiger partial charge in [0.05, 0.1) is 17.0 Å². The highest BCUT2D eigenvalue weighted by Crippen LogP contribution is 2.15. The standard InChI is InChI=1S/C13H25N5O2/c1-5-6-9-10(14)11(17-16-9)12(19)15-7-13(2,20)8-18(3)4/h20H,5-8,14H2,1-4H3,(H,15,19)(H,16,17). The molecule has 0 aliphatic carbocycles. The molecule has 1 rings (SSSR count). The average molecular weight is 283 g/mol. The molecular formula is C13H25N5O2. The molecule has 0 aliphatic rings. The van der Waals surface area contributed by atoms with Gasteiger partial charge in [0, 0.05) is 13.1 Å². The quantitative estimate of drug-likeness (QED) is 0.563. The second-order valence-corrected chi connectivity index (χ2v) is 5.63. The molecule has 1 unspecified atom stereocenters. The highest BCUT2D eigenvalue weighted by molar-refractivity contribution is 5.97. The van der Waals surface area contributed by atoms with Crippen molar-refractivity contribution in [2.45, 2.75) is 32.3 Å². The van der Waals surface area contributed by atoms with Crippen LogP contribution >= 0.6 is 0 Å². The Morgan fingerprint density at radius 3 is 2.75 bits per heavy atom. The van der Waals surface area contributed by atoms with Gasteiger partial charge in [0.2, 0.25) is 0 Å². The van der Waals surface area contributed by atoms with Gasteiger partial charge in [-0.25, -0.2) is 0 Å². The minimum absolute atomic E-state index is 0.138. The van der Waals surface area contributed by atoms with Gasteiger partial charge in [-0.2, -0.15) is 5.10 Å². The van der Waals surface area contributed by atoms with Crippen LogP contribution < -0.4 is 11.1 Å². The number of carbonyl (C=O) groups excluding carboxylic acids is 1. The second kappa shape index (κ2) is 6.71. The van der Waals surface area contributed by atoms with Gasteiger partial charge in [-0.05, 0) is 27.4 Å². The lowest BCUT2D eigenvalue weighted by molar-refractivity contribution is 0.0325. The van der Waals surface area contributed by atoms with E-state index in [4.69, 9.17) is 5.73 Å². The first-order valence-corrected chi connectivity index (χ1v) is 6.75. The number of nitrogen functional groups attached to an aromatic ring is 1. The number of H-pyrrole nitrogens is 1. The number of aromatic amines is 1. The third-order valence-corrected chi connectivity index (χ3v) is 2.88. The Hall–Kier alpha value is -1.60. The van der Waals surface area contributed by atoms with Crippen molar-refractivity contribution in [1.82, 2.24) is 20.4 Å². The fourth-order valence-corrected chi connectivity index (χ4v) is 2.09. The van der Waals surface area contributed by atoms with Crippen molar-refractivity contribution in [3.05, 3.63) is 11.4 Å². The molecule has 0 spiro atoms. The van der Waals surface area contributed by atoms with Crippen LogP contribution in [-0.2, 0) is 6.42 Å². The van der Waals surface area contributed by atoms with Crippen LogP contribution in [0.25, 0.3) is 0 Å². The van der Waals surface area contributed by atoms with Crippen LogP contribution in [0.3, 0.4) is 0 Å². The lowest BCUT2D eigenvalue weighted by Crippen LogP contribution is -2.47. The van der Waals surface area contributed by atoms with Gasteiger partial charge < -0.3 is 21.1 Å². The SMILES string of the molecule is CCCc1[nH]nc(C(=O)NCC(C)(O)CN(C)C)c1N. The largest absolute Gasteiger partial charge is 0.395 e. The smallest absolute Gasteiger partial charge is 0.274 e. The summed E-state index contributed by atoms with van der Waals surface area (Å²) in [6.07, 6.45) is 1.68. The van der Waals surface area contributed by atoms with E-state index in [-0.39, 0.29) is 18.1 Å². The number of hydrogen-bond donors (Lipinski definition) is 4. The molecule has 114 valence electrons. The molecule has 1 aromatic heterocycles. The molecule has 1 atom stereocenters. The van der Waals surface area contributed by atoms with E-state index < -0.39 is 5.60 Å². The summed E-state index contributed by atoms with van der Waals surface area (Å²) in [4.78, 5) is 13.9. The van der Waals surface area contributed by atoms with Crippen LogP contribution in [0.2, 0.25) is 0 Å². The number of likely N-dealkylation sites (N-methyl/N-ethyl adjacent to an activating group) is 1. The van der Waals surface area contributed by atoms with Gasteiger partial charge in [-0.3, -0.25) is 9.89 Å². The van der Waals surface area contributed by atoms with E-state index in [1.54, 1.807) is 6.92 Å². The number of nitrogens with one attached hydrogen (secondary N) is 2. The zero-order valence-corrected chi connectivity index (χ0v) is 12.7. The van der Waals surface area contributed by atoms with Crippen LogP contribution in [0.1, 0.15) is 36.5 Å². The molecule has 0 bridgehead atoms. The molecule has 0 aromatic carbocycles. The summed E-state index contributed by atoms with van der Waals surface area (Å²) in [6.45, 7) is 4.28. The summed E-state index contributed by atoms with van der Waals surface area (Å²) in [5, 5.41) is 19.5. The number of aryl methyl sites for hydroxylation is 1. The molecule has 1 heterocycles. The van der Waals surface area contributed by atoms with Crippen LogP contribution in [0.5, 0.6) is 0 Å². The Bertz CT molecular complexity index is 454. The topological polar surface area (TPSA) is 107 Å². The molecule has 7 nitrogen and oxygen atoms in total. The zero-order chi connectivity index (χ0) is 15.3. The molecule has 5 N–H and O–H groups in total. The summed E-state index contributed by atoms with van der Waals surface area (Å²) < 4.78 is 0. The monoisotopic (exact) mass is 283 g/mol. The van der Waals surface area contributed by atoms with Crippen molar-refractivity contribution in [2.75, 3.05) is 32.9 Å². The zero-order valence-electron chi connectivity index (χ0n) is 12.7. The highest BCUT2D eigenvalue weighted by atomic mass is 16.3. The minimum Gasteiger partial charge on any atom is -0.395 e. The van der Waals surface area contributed by atoms with Crippen LogP contribution in [-0.4, -0.2) is 58.9 Å². The third kappa shape index (κ3) is 4.50. The fourth-order valence-electron chi connectivity index (χ4n) is 2.09. The van der Waals surface area contributed by atoms with E-state index in [2.05, 4.69) is 15.5 Å². The second-order valence-electron chi connectivity index (χ2n) is 5.63.